The first kappa shape index (κ1) is 18.1. The topological polar surface area (TPSA) is 36.3 Å². The second kappa shape index (κ2) is 6.90. The van der Waals surface area contributed by atoms with Gasteiger partial charge in [0.15, 0.2) is 0 Å². The van der Waals surface area contributed by atoms with Crippen molar-refractivity contribution >= 4 is 0 Å². The molecule has 2 aliphatic rings. The van der Waals surface area contributed by atoms with E-state index in [0.29, 0.717) is 12.5 Å². The lowest BCUT2D eigenvalue weighted by molar-refractivity contribution is -0.0750. The number of nitriles is 1. The summed E-state index contributed by atoms with van der Waals surface area (Å²) >= 11 is 0. The number of rotatable bonds is 5. The van der Waals surface area contributed by atoms with Gasteiger partial charge in [0.2, 0.25) is 0 Å². The van der Waals surface area contributed by atoms with E-state index in [2.05, 4.69) is 38.1 Å². The molecule has 1 saturated heterocycles. The average molecular weight is 342 g/mol. The van der Waals surface area contributed by atoms with Gasteiger partial charge in [-0.25, -0.2) is 4.39 Å². The van der Waals surface area contributed by atoms with Gasteiger partial charge in [0.1, 0.15) is 5.82 Å². The molecule has 0 aromatic heterocycles. The molecule has 25 heavy (non-hydrogen) atoms. The van der Waals surface area contributed by atoms with Crippen LogP contribution < -0.4 is 0 Å². The Labute approximate surface area is 150 Å². The molecule has 4 heteroatoms. The van der Waals surface area contributed by atoms with Crippen LogP contribution in [0.15, 0.2) is 35.9 Å². The van der Waals surface area contributed by atoms with Crippen LogP contribution in [0.1, 0.15) is 38.2 Å². The molecule has 0 N–H and O–H groups in total. The smallest absolute Gasteiger partial charge is 0.123 e. The van der Waals surface area contributed by atoms with Crippen LogP contribution in [0, 0.1) is 28.5 Å². The number of allylic oxidation sites excluding steroid dienone is 2. The molecule has 0 saturated carbocycles. The van der Waals surface area contributed by atoms with Crippen molar-refractivity contribution in [2.24, 2.45) is 11.3 Å². The Morgan fingerprint density at radius 2 is 2.04 bits per heavy atom. The lowest BCUT2D eigenvalue weighted by atomic mass is 9.58. The molecule has 0 bridgehead atoms. The van der Waals surface area contributed by atoms with Gasteiger partial charge in [-0.05, 0) is 69.9 Å². The van der Waals surface area contributed by atoms with Crippen molar-refractivity contribution in [3.05, 3.63) is 47.3 Å². The quantitative estimate of drug-likeness (QED) is 0.802. The Bertz CT molecular complexity index is 691. The summed E-state index contributed by atoms with van der Waals surface area (Å²) in [6.07, 6.45) is 5.61. The molecule has 134 valence electrons. The van der Waals surface area contributed by atoms with Crippen LogP contribution >= 0.6 is 0 Å². The maximum absolute atomic E-state index is 13.5. The molecule has 0 amide bonds. The van der Waals surface area contributed by atoms with Gasteiger partial charge >= 0.3 is 0 Å². The first-order valence-electron chi connectivity index (χ1n) is 9.05. The van der Waals surface area contributed by atoms with Crippen LogP contribution in [0.25, 0.3) is 0 Å². The van der Waals surface area contributed by atoms with Gasteiger partial charge in [-0.1, -0.05) is 25.1 Å². The van der Waals surface area contributed by atoms with Gasteiger partial charge in [0, 0.05) is 11.0 Å². The number of ether oxygens (including phenoxy) is 1. The Hall–Kier alpha value is -1.70. The van der Waals surface area contributed by atoms with E-state index in [-0.39, 0.29) is 11.2 Å². The Kier molecular flexibility index (Phi) is 4.99. The van der Waals surface area contributed by atoms with E-state index in [1.165, 1.54) is 12.1 Å². The minimum Gasteiger partial charge on any atom is -0.369 e. The minimum atomic E-state index is -0.418. The predicted octanol–water partition coefficient (Wildman–Crippen LogP) is 4.26. The van der Waals surface area contributed by atoms with Gasteiger partial charge in [-0.15, -0.1) is 0 Å². The summed E-state index contributed by atoms with van der Waals surface area (Å²) < 4.78 is 20.0. The Morgan fingerprint density at radius 1 is 1.32 bits per heavy atom. The Balaban J connectivity index is 1.98. The van der Waals surface area contributed by atoms with Crippen molar-refractivity contribution in [2.75, 3.05) is 27.2 Å². The molecule has 0 radical (unpaired) electrons. The van der Waals surface area contributed by atoms with Gasteiger partial charge in [0.25, 0.3) is 0 Å². The third-order valence-electron chi connectivity index (χ3n) is 6.18. The summed E-state index contributed by atoms with van der Waals surface area (Å²) in [5.74, 6) is 0.110. The first-order chi connectivity index (χ1) is 11.9. The average Bonchev–Trinajstić information content (AvgIpc) is 2.88. The van der Waals surface area contributed by atoms with Crippen LogP contribution in [-0.2, 0) is 10.3 Å². The van der Waals surface area contributed by atoms with E-state index in [9.17, 15) is 9.65 Å². The number of nitrogens with zero attached hydrogens (tertiary/aromatic N) is 2. The van der Waals surface area contributed by atoms with Gasteiger partial charge in [-0.3, -0.25) is 0 Å². The molecule has 3 nitrogen and oxygen atoms in total. The highest BCUT2D eigenvalue weighted by atomic mass is 19.1. The van der Waals surface area contributed by atoms with Crippen LogP contribution in [-0.4, -0.2) is 32.1 Å². The fraction of sp³-hybridized carbons (Fsp3) is 0.571. The van der Waals surface area contributed by atoms with Crippen molar-refractivity contribution in [1.82, 2.24) is 4.90 Å². The fourth-order valence-electron chi connectivity index (χ4n) is 4.59. The van der Waals surface area contributed by atoms with E-state index < -0.39 is 5.60 Å². The zero-order valence-electron chi connectivity index (χ0n) is 15.4. The summed E-state index contributed by atoms with van der Waals surface area (Å²) in [6.45, 7) is 3.94. The summed E-state index contributed by atoms with van der Waals surface area (Å²) in [6, 6.07) is 9.13. The summed E-state index contributed by atoms with van der Waals surface area (Å²) in [7, 11) is 4.15. The number of hydrogen-bond donors (Lipinski definition) is 0. The van der Waals surface area contributed by atoms with E-state index in [0.717, 1.165) is 43.4 Å². The van der Waals surface area contributed by atoms with Gasteiger partial charge in [-0.2, -0.15) is 5.26 Å². The summed E-state index contributed by atoms with van der Waals surface area (Å²) in [4.78, 5) is 2.18. The Morgan fingerprint density at radius 3 is 2.68 bits per heavy atom. The maximum atomic E-state index is 13.5. The predicted molar refractivity (Wildman–Crippen MR) is 96.3 cm³/mol. The van der Waals surface area contributed by atoms with E-state index >= 15 is 0 Å². The van der Waals surface area contributed by atoms with Crippen LogP contribution in [0.5, 0.6) is 0 Å². The molecule has 1 aromatic rings. The monoisotopic (exact) mass is 342 g/mol. The molecule has 1 fully saturated rings. The third-order valence-corrected chi connectivity index (χ3v) is 6.18. The normalized spacial score (nSPS) is 31.5. The van der Waals surface area contributed by atoms with Crippen molar-refractivity contribution in [2.45, 2.75) is 38.2 Å². The van der Waals surface area contributed by atoms with E-state index in [1.807, 2.05) is 12.1 Å². The van der Waals surface area contributed by atoms with Crippen molar-refractivity contribution < 1.29 is 9.13 Å². The van der Waals surface area contributed by atoms with Crippen LogP contribution in [0.4, 0.5) is 4.39 Å². The molecule has 3 rings (SSSR count). The zero-order chi connectivity index (χ0) is 18.1. The zero-order valence-corrected chi connectivity index (χ0v) is 15.4. The second-order valence-corrected chi connectivity index (χ2v) is 7.92. The number of fused-ring (bicyclic) bond motifs is 1. The van der Waals surface area contributed by atoms with Gasteiger partial charge in [0.05, 0.1) is 18.3 Å². The largest absolute Gasteiger partial charge is 0.369 e. The van der Waals surface area contributed by atoms with E-state index in [4.69, 9.17) is 4.74 Å². The van der Waals surface area contributed by atoms with Crippen molar-refractivity contribution in [3.8, 4) is 6.07 Å². The number of hydrogen-bond acceptors (Lipinski definition) is 3. The van der Waals surface area contributed by atoms with E-state index in [1.54, 1.807) is 0 Å². The second-order valence-electron chi connectivity index (χ2n) is 7.92. The molecule has 1 heterocycles. The van der Waals surface area contributed by atoms with Crippen molar-refractivity contribution in [1.29, 1.82) is 5.26 Å². The number of halogens is 1. The third kappa shape index (κ3) is 3.12. The minimum absolute atomic E-state index is 0.0719. The SMILES string of the molecule is CN(C)CCCC1(c2ccc(F)cc2)OCC2CC(C#N)=CCC21C. The highest BCUT2D eigenvalue weighted by Gasteiger charge is 2.59. The van der Waals surface area contributed by atoms with Crippen molar-refractivity contribution in [3.63, 3.8) is 0 Å². The number of benzene rings is 1. The first-order valence-corrected chi connectivity index (χ1v) is 9.05. The van der Waals surface area contributed by atoms with Crippen LogP contribution in [0.3, 0.4) is 0 Å². The van der Waals surface area contributed by atoms with Gasteiger partial charge < -0.3 is 9.64 Å². The summed E-state index contributed by atoms with van der Waals surface area (Å²) in [5, 5.41) is 9.27. The summed E-state index contributed by atoms with van der Waals surface area (Å²) in [5.41, 5.74) is 1.44. The molecule has 3 unspecified atom stereocenters. The molecular weight excluding hydrogens is 315 g/mol. The highest BCUT2D eigenvalue weighted by Crippen LogP contribution is 2.60. The molecule has 1 aliphatic heterocycles. The molecule has 1 aromatic carbocycles. The molecule has 0 spiro atoms. The fourth-order valence-corrected chi connectivity index (χ4v) is 4.59. The standard InChI is InChI=1S/C21H27FN2O/c1-20-11-9-16(14-23)13-18(20)15-25-21(20,10-4-12-24(2)3)17-5-7-19(22)8-6-17/h5-9,18H,4,10-13,15H2,1-3H3. The van der Waals surface area contributed by atoms with Crippen LogP contribution in [0.2, 0.25) is 0 Å². The lowest BCUT2D eigenvalue weighted by Gasteiger charge is -2.47. The maximum Gasteiger partial charge on any atom is 0.123 e. The highest BCUT2D eigenvalue weighted by molar-refractivity contribution is 5.33. The molecule has 1 aliphatic carbocycles. The molecule has 3 atom stereocenters. The lowest BCUT2D eigenvalue weighted by Crippen LogP contribution is -2.45. The molecular formula is C21H27FN2O.